The predicted octanol–water partition coefficient (Wildman–Crippen LogP) is 3.52. The highest BCUT2D eigenvalue weighted by Crippen LogP contribution is 2.37. The van der Waals surface area contributed by atoms with Crippen molar-refractivity contribution in [1.29, 1.82) is 0 Å². The molecule has 0 aromatic heterocycles. The fourth-order valence-electron chi connectivity index (χ4n) is 2.62. The summed E-state index contributed by atoms with van der Waals surface area (Å²) >= 11 is 12.3. The molecule has 0 unspecified atom stereocenters. The summed E-state index contributed by atoms with van der Waals surface area (Å²) in [6, 6.07) is 8.75. The minimum absolute atomic E-state index is 0.00887. The van der Waals surface area contributed by atoms with Gasteiger partial charge >= 0.3 is 5.97 Å². The number of halogens is 2. The molecule has 3 rings (SSSR count). The number of nitrogens with zero attached hydrogens (tertiary/aromatic N) is 1. The topological polar surface area (TPSA) is 82.1 Å². The van der Waals surface area contributed by atoms with E-state index in [1.807, 2.05) is 0 Å². The molecule has 1 heterocycles. The van der Waals surface area contributed by atoms with Crippen molar-refractivity contribution in [2.75, 3.05) is 30.7 Å². The Labute approximate surface area is 172 Å². The second-order valence-corrected chi connectivity index (χ2v) is 8.34. The van der Waals surface area contributed by atoms with Crippen LogP contribution in [0.4, 0.5) is 5.69 Å². The van der Waals surface area contributed by atoms with Gasteiger partial charge in [-0.05, 0) is 31.2 Å². The minimum atomic E-state index is -4.19. The third-order valence-electron chi connectivity index (χ3n) is 3.88. The summed E-state index contributed by atoms with van der Waals surface area (Å²) in [5.74, 6) is 0.0307. The average Bonchev–Trinajstić information content (AvgIpc) is 2.68. The van der Waals surface area contributed by atoms with E-state index in [9.17, 15) is 13.2 Å². The number of ether oxygens (including phenoxy) is 3. The number of sulfonamides is 1. The zero-order valence-electron chi connectivity index (χ0n) is 14.9. The number of esters is 1. The molecular weight excluding hydrogens is 429 g/mol. The van der Waals surface area contributed by atoms with Gasteiger partial charge in [0, 0.05) is 6.07 Å². The van der Waals surface area contributed by atoms with E-state index in [0.717, 1.165) is 4.31 Å². The van der Waals surface area contributed by atoms with E-state index in [4.69, 9.17) is 37.4 Å². The molecule has 28 heavy (non-hydrogen) atoms. The highest BCUT2D eigenvalue weighted by molar-refractivity contribution is 7.92. The lowest BCUT2D eigenvalue weighted by molar-refractivity contribution is -0.141. The van der Waals surface area contributed by atoms with Gasteiger partial charge in [0.25, 0.3) is 10.0 Å². The van der Waals surface area contributed by atoms with Crippen LogP contribution in [0.2, 0.25) is 10.0 Å². The summed E-state index contributed by atoms with van der Waals surface area (Å²) < 4.78 is 43.4. The molecule has 10 heteroatoms. The van der Waals surface area contributed by atoms with Crippen molar-refractivity contribution in [3.63, 3.8) is 0 Å². The largest absolute Gasteiger partial charge is 0.486 e. The van der Waals surface area contributed by atoms with Gasteiger partial charge in [-0.3, -0.25) is 9.10 Å². The lowest BCUT2D eigenvalue weighted by Crippen LogP contribution is -2.37. The molecule has 1 aliphatic heterocycles. The zero-order valence-corrected chi connectivity index (χ0v) is 17.2. The molecular formula is C18H17Cl2NO6S. The summed E-state index contributed by atoms with van der Waals surface area (Å²) in [5.41, 5.74) is 0.0668. The van der Waals surface area contributed by atoms with Crippen LogP contribution in [0, 0.1) is 0 Å². The SMILES string of the molecule is CCOC(=O)CN(c1cccc(Cl)c1Cl)S(=O)(=O)c1ccc2c(c1)OCCO2. The van der Waals surface area contributed by atoms with Gasteiger partial charge in [-0.1, -0.05) is 29.3 Å². The van der Waals surface area contributed by atoms with Crippen LogP contribution < -0.4 is 13.8 Å². The Morgan fingerprint density at radius 2 is 1.86 bits per heavy atom. The van der Waals surface area contributed by atoms with Gasteiger partial charge < -0.3 is 14.2 Å². The van der Waals surface area contributed by atoms with E-state index in [-0.39, 0.29) is 27.2 Å². The number of anilines is 1. The predicted molar refractivity (Wildman–Crippen MR) is 105 cm³/mol. The summed E-state index contributed by atoms with van der Waals surface area (Å²) in [5, 5.41) is 0.167. The van der Waals surface area contributed by atoms with E-state index < -0.39 is 22.5 Å². The standard InChI is InChI=1S/C18H17Cl2NO6S/c1-2-25-17(22)11-21(14-5-3-4-13(19)18(14)20)28(23,24)12-6-7-15-16(10-12)27-9-8-26-15/h3-7,10H,2,8-9,11H2,1H3. The molecule has 0 atom stereocenters. The lowest BCUT2D eigenvalue weighted by atomic mass is 10.3. The fourth-order valence-corrected chi connectivity index (χ4v) is 4.50. The van der Waals surface area contributed by atoms with Crippen LogP contribution in [0.3, 0.4) is 0 Å². The highest BCUT2D eigenvalue weighted by atomic mass is 35.5. The first-order valence-corrected chi connectivity index (χ1v) is 10.6. The van der Waals surface area contributed by atoms with Crippen LogP contribution in [0.15, 0.2) is 41.3 Å². The second kappa shape index (κ2) is 8.46. The normalized spacial score (nSPS) is 13.1. The van der Waals surface area contributed by atoms with E-state index in [1.54, 1.807) is 13.0 Å². The molecule has 2 aromatic carbocycles. The minimum Gasteiger partial charge on any atom is -0.486 e. The molecule has 0 radical (unpaired) electrons. The molecule has 0 saturated heterocycles. The van der Waals surface area contributed by atoms with Crippen molar-refractivity contribution in [2.24, 2.45) is 0 Å². The Balaban J connectivity index is 2.08. The quantitative estimate of drug-likeness (QED) is 0.632. The van der Waals surface area contributed by atoms with Gasteiger partial charge in [-0.15, -0.1) is 0 Å². The first-order chi connectivity index (χ1) is 13.3. The second-order valence-electron chi connectivity index (χ2n) is 5.70. The summed E-state index contributed by atoms with van der Waals surface area (Å²) in [6.45, 7) is 1.87. The summed E-state index contributed by atoms with van der Waals surface area (Å²) in [7, 11) is -4.19. The van der Waals surface area contributed by atoms with Crippen LogP contribution in [0.1, 0.15) is 6.92 Å². The van der Waals surface area contributed by atoms with Gasteiger partial charge in [0.2, 0.25) is 0 Å². The van der Waals surface area contributed by atoms with Crippen molar-refractivity contribution in [3.05, 3.63) is 46.4 Å². The Bertz CT molecular complexity index is 996. The van der Waals surface area contributed by atoms with Crippen molar-refractivity contribution in [1.82, 2.24) is 0 Å². The smallest absolute Gasteiger partial charge is 0.326 e. The molecule has 0 bridgehead atoms. The molecule has 0 N–H and O–H groups in total. The van der Waals surface area contributed by atoms with Gasteiger partial charge in [0.15, 0.2) is 11.5 Å². The third-order valence-corrected chi connectivity index (χ3v) is 6.44. The number of carbonyl (C=O) groups is 1. The Morgan fingerprint density at radius 1 is 1.14 bits per heavy atom. The zero-order chi connectivity index (χ0) is 20.3. The molecule has 1 aliphatic rings. The van der Waals surface area contributed by atoms with Gasteiger partial charge in [-0.25, -0.2) is 8.42 Å². The van der Waals surface area contributed by atoms with Crippen LogP contribution in [0.5, 0.6) is 11.5 Å². The third kappa shape index (κ3) is 4.14. The molecule has 0 amide bonds. The summed E-state index contributed by atoms with van der Waals surface area (Å²) in [4.78, 5) is 12.0. The van der Waals surface area contributed by atoms with Crippen molar-refractivity contribution < 1.29 is 27.4 Å². The molecule has 0 spiro atoms. The number of carbonyl (C=O) groups excluding carboxylic acids is 1. The van der Waals surface area contributed by atoms with Crippen LogP contribution in [-0.4, -0.2) is 40.8 Å². The highest BCUT2D eigenvalue weighted by Gasteiger charge is 2.31. The maximum Gasteiger partial charge on any atom is 0.326 e. The number of hydrogen-bond acceptors (Lipinski definition) is 6. The fraction of sp³-hybridized carbons (Fsp3) is 0.278. The monoisotopic (exact) mass is 445 g/mol. The molecule has 7 nitrogen and oxygen atoms in total. The van der Waals surface area contributed by atoms with E-state index >= 15 is 0 Å². The number of hydrogen-bond donors (Lipinski definition) is 0. The summed E-state index contributed by atoms with van der Waals surface area (Å²) in [6.07, 6.45) is 0. The van der Waals surface area contributed by atoms with Crippen molar-refractivity contribution in [2.45, 2.75) is 11.8 Å². The van der Waals surface area contributed by atoms with Crippen molar-refractivity contribution >= 4 is 44.9 Å². The molecule has 0 saturated carbocycles. The van der Waals surface area contributed by atoms with E-state index in [2.05, 4.69) is 0 Å². The molecule has 2 aromatic rings. The maximum atomic E-state index is 13.3. The van der Waals surface area contributed by atoms with Gasteiger partial charge in [0.05, 0.1) is 27.2 Å². The van der Waals surface area contributed by atoms with Gasteiger partial charge in [-0.2, -0.15) is 0 Å². The van der Waals surface area contributed by atoms with E-state index in [0.29, 0.717) is 24.7 Å². The molecule has 0 fully saturated rings. The van der Waals surface area contributed by atoms with Crippen molar-refractivity contribution in [3.8, 4) is 11.5 Å². The van der Waals surface area contributed by atoms with E-state index in [1.165, 1.54) is 30.3 Å². The van der Waals surface area contributed by atoms with Gasteiger partial charge in [0.1, 0.15) is 19.8 Å². The van der Waals surface area contributed by atoms with Crippen LogP contribution in [0.25, 0.3) is 0 Å². The lowest BCUT2D eigenvalue weighted by Gasteiger charge is -2.26. The maximum absolute atomic E-state index is 13.3. The van der Waals surface area contributed by atoms with Crippen LogP contribution in [-0.2, 0) is 19.6 Å². The number of fused-ring (bicyclic) bond motifs is 1. The average molecular weight is 446 g/mol. The Kier molecular flexibility index (Phi) is 6.22. The Morgan fingerprint density at radius 3 is 2.57 bits per heavy atom. The Hall–Kier alpha value is -2.16. The number of rotatable bonds is 6. The first-order valence-electron chi connectivity index (χ1n) is 8.36. The van der Waals surface area contributed by atoms with Crippen LogP contribution >= 0.6 is 23.2 Å². The number of benzene rings is 2. The molecule has 0 aliphatic carbocycles. The first kappa shape index (κ1) is 20.6. The molecule has 150 valence electrons.